The van der Waals surface area contributed by atoms with Crippen molar-refractivity contribution in [2.75, 3.05) is 33.5 Å². The number of phenolic OH excluding ortho intramolecular Hbond substituents is 3. The zero-order valence-corrected chi connectivity index (χ0v) is 42.9. The molecule has 3 aromatic rings. The van der Waals surface area contributed by atoms with Gasteiger partial charge in [-0.15, -0.1) is 0 Å². The van der Waals surface area contributed by atoms with Crippen LogP contribution in [0.25, 0.3) is 0 Å². The Bertz CT molecular complexity index is 1960. The molecule has 0 aromatic heterocycles. The van der Waals surface area contributed by atoms with Crippen LogP contribution in [0.15, 0.2) is 36.4 Å². The summed E-state index contributed by atoms with van der Waals surface area (Å²) in [6.45, 7) is 31.8. The van der Waals surface area contributed by atoms with Gasteiger partial charge in [-0.25, -0.2) is 0 Å². The van der Waals surface area contributed by atoms with Gasteiger partial charge in [0.15, 0.2) is 0 Å². The number of ether oxygens (including phenoxy) is 4. The molecule has 0 fully saturated rings. The van der Waals surface area contributed by atoms with Crippen LogP contribution >= 0.6 is 0 Å². The van der Waals surface area contributed by atoms with Gasteiger partial charge in [-0.3, -0.25) is 14.4 Å². The molecule has 0 amide bonds. The first-order valence-corrected chi connectivity index (χ1v) is 23.3. The van der Waals surface area contributed by atoms with Crippen molar-refractivity contribution in [2.24, 2.45) is 5.41 Å². The first kappa shape index (κ1) is 54.8. The molecule has 0 saturated heterocycles. The largest absolute Gasteiger partial charge is 0.507 e. The number of carbonyl (C=O) groups excluding carboxylic acids is 3. The molecule has 362 valence electrons. The van der Waals surface area contributed by atoms with Crippen LogP contribution in [0.4, 0.5) is 0 Å². The van der Waals surface area contributed by atoms with Crippen molar-refractivity contribution in [3.63, 3.8) is 0 Å². The van der Waals surface area contributed by atoms with Gasteiger partial charge in [0.1, 0.15) is 37.1 Å². The highest BCUT2D eigenvalue weighted by atomic mass is 16.6. The van der Waals surface area contributed by atoms with Crippen molar-refractivity contribution in [3.05, 3.63) is 86.5 Å². The summed E-state index contributed by atoms with van der Waals surface area (Å²) in [7, 11) is 1.48. The summed E-state index contributed by atoms with van der Waals surface area (Å²) in [4.78, 5) is 40.5. The van der Waals surface area contributed by atoms with E-state index < -0.39 is 23.3 Å². The predicted molar refractivity (Wildman–Crippen MR) is 259 cm³/mol. The van der Waals surface area contributed by atoms with Gasteiger partial charge in [0.05, 0.1) is 12.0 Å². The highest BCUT2D eigenvalue weighted by Crippen LogP contribution is 2.42. The number of rotatable bonds is 18. The van der Waals surface area contributed by atoms with E-state index in [4.69, 9.17) is 18.9 Å². The molecule has 0 atom stereocenters. The third-order valence-corrected chi connectivity index (χ3v) is 11.9. The molecule has 0 aliphatic carbocycles. The quantitative estimate of drug-likeness (QED) is 0.0832. The van der Waals surface area contributed by atoms with E-state index in [0.29, 0.717) is 25.7 Å². The lowest BCUT2D eigenvalue weighted by molar-refractivity contribution is -0.166. The fourth-order valence-corrected chi connectivity index (χ4v) is 7.92. The van der Waals surface area contributed by atoms with Crippen LogP contribution in [0.1, 0.15) is 180 Å². The maximum absolute atomic E-state index is 13.5. The first-order valence-electron chi connectivity index (χ1n) is 23.3. The topological polar surface area (TPSA) is 149 Å². The van der Waals surface area contributed by atoms with E-state index in [1.54, 1.807) is 0 Å². The third kappa shape index (κ3) is 15.5. The molecule has 10 heteroatoms. The number of methoxy groups -OCH3 is 1. The first-order chi connectivity index (χ1) is 29.7. The van der Waals surface area contributed by atoms with E-state index in [2.05, 4.69) is 0 Å². The molecule has 3 rings (SSSR count). The molecule has 10 nitrogen and oxygen atoms in total. The van der Waals surface area contributed by atoms with E-state index in [-0.39, 0.29) is 90.0 Å². The van der Waals surface area contributed by atoms with Crippen LogP contribution in [0.3, 0.4) is 0 Å². The second kappa shape index (κ2) is 21.4. The fraction of sp³-hybridized carbons (Fsp3) is 0.618. The second-order valence-corrected chi connectivity index (χ2v) is 23.2. The molecule has 0 aliphatic rings. The Balaban J connectivity index is 1.86. The van der Waals surface area contributed by atoms with E-state index in [9.17, 15) is 29.7 Å². The van der Waals surface area contributed by atoms with Crippen LogP contribution in [-0.2, 0) is 86.1 Å². The van der Waals surface area contributed by atoms with E-state index in [1.807, 2.05) is 147 Å². The molecule has 65 heavy (non-hydrogen) atoms. The second-order valence-electron chi connectivity index (χ2n) is 23.2. The predicted octanol–water partition coefficient (Wildman–Crippen LogP) is 11.3. The van der Waals surface area contributed by atoms with Crippen LogP contribution in [0.2, 0.25) is 0 Å². The Morgan fingerprint density at radius 2 is 0.692 bits per heavy atom. The molecule has 3 N–H and O–H groups in total. The van der Waals surface area contributed by atoms with Gasteiger partial charge in [-0.1, -0.05) is 147 Å². The number of esters is 3. The van der Waals surface area contributed by atoms with Crippen LogP contribution in [0.5, 0.6) is 17.2 Å². The number of hydrogen-bond acceptors (Lipinski definition) is 10. The monoisotopic (exact) mass is 903 g/mol. The standard InChI is InChI=1S/C55H82O10/c1-18-38-25-35(26-39(47(38)59)50(2,3)4)19-22-44(56)63-32-55(31-62-17,33-64-45(57)23-20-36-27-40(51(5,6)7)48(60)41(28-36)52(8,9)10)34-65-46(58)24-21-37-29-42(53(11,12)13)49(61)43(30-37)54(14,15)16/h25-30,59-61H,18-24,31-34H2,1-17H3. The number of hydrogen-bond donors (Lipinski definition) is 3. The summed E-state index contributed by atoms with van der Waals surface area (Å²) in [6.07, 6.45) is 1.90. The van der Waals surface area contributed by atoms with Crippen LogP contribution in [-0.4, -0.2) is 66.8 Å². The summed E-state index contributed by atoms with van der Waals surface area (Å²) in [6, 6.07) is 11.6. The summed E-state index contributed by atoms with van der Waals surface area (Å²) < 4.78 is 23.3. The van der Waals surface area contributed by atoms with Gasteiger partial charge in [-0.05, 0) is 103 Å². The maximum atomic E-state index is 13.5. The molecule has 0 bridgehead atoms. The zero-order chi connectivity index (χ0) is 49.5. The number of aryl methyl sites for hydroxylation is 4. The minimum Gasteiger partial charge on any atom is -0.507 e. The Morgan fingerprint density at radius 1 is 0.431 bits per heavy atom. The lowest BCUT2D eigenvalue weighted by Gasteiger charge is -2.31. The Kier molecular flexibility index (Phi) is 18.0. The van der Waals surface area contributed by atoms with Crippen molar-refractivity contribution < 1.29 is 48.7 Å². The van der Waals surface area contributed by atoms with E-state index in [1.165, 1.54) is 7.11 Å². The number of benzene rings is 3. The van der Waals surface area contributed by atoms with Gasteiger partial charge >= 0.3 is 17.9 Å². The smallest absolute Gasteiger partial charge is 0.306 e. The molecular formula is C55H82O10. The van der Waals surface area contributed by atoms with Crippen molar-refractivity contribution in [1.82, 2.24) is 0 Å². The Labute approximate surface area is 390 Å². The fourth-order valence-electron chi connectivity index (χ4n) is 7.92. The van der Waals surface area contributed by atoms with Gasteiger partial charge in [0, 0.05) is 26.4 Å². The molecule has 0 spiro atoms. The molecule has 0 aliphatic heterocycles. The van der Waals surface area contributed by atoms with E-state index in [0.717, 1.165) is 50.1 Å². The zero-order valence-electron chi connectivity index (χ0n) is 42.9. The molecular weight excluding hydrogens is 821 g/mol. The lowest BCUT2D eigenvalue weighted by Crippen LogP contribution is -2.43. The SMILES string of the molecule is CCc1cc(CCC(=O)OCC(COC)(COC(=O)CCc2cc(C(C)(C)C)c(O)c(C(C)(C)C)c2)COC(=O)CCc2cc(C(C)(C)C)c(O)c(C(C)(C)C)c2)cc(C(C)(C)C)c1O. The Morgan fingerprint density at radius 3 is 0.938 bits per heavy atom. The average Bonchev–Trinajstić information content (AvgIpc) is 3.17. The summed E-state index contributed by atoms with van der Waals surface area (Å²) in [5.74, 6) is -0.659. The minimum absolute atomic E-state index is 0.0443. The number of carbonyl (C=O) groups is 3. The maximum Gasteiger partial charge on any atom is 0.306 e. The third-order valence-electron chi connectivity index (χ3n) is 11.9. The summed E-state index contributed by atoms with van der Waals surface area (Å²) in [5, 5.41) is 33.3. The van der Waals surface area contributed by atoms with Gasteiger partial charge in [0.25, 0.3) is 0 Å². The van der Waals surface area contributed by atoms with E-state index >= 15 is 0 Å². The number of aromatic hydroxyl groups is 3. The van der Waals surface area contributed by atoms with Gasteiger partial charge in [-0.2, -0.15) is 0 Å². The summed E-state index contributed by atoms with van der Waals surface area (Å²) in [5.41, 5.74) is 4.68. The van der Waals surface area contributed by atoms with Crippen molar-refractivity contribution in [2.45, 2.75) is 183 Å². The molecule has 0 saturated carbocycles. The van der Waals surface area contributed by atoms with Crippen LogP contribution < -0.4 is 0 Å². The minimum atomic E-state index is -1.22. The highest BCUT2D eigenvalue weighted by Gasteiger charge is 2.37. The van der Waals surface area contributed by atoms with Crippen LogP contribution in [0, 0.1) is 5.41 Å². The average molecular weight is 903 g/mol. The molecule has 3 aromatic carbocycles. The molecule has 0 unspecified atom stereocenters. The number of phenols is 3. The van der Waals surface area contributed by atoms with Crippen molar-refractivity contribution in [3.8, 4) is 17.2 Å². The summed E-state index contributed by atoms with van der Waals surface area (Å²) >= 11 is 0. The Hall–Kier alpha value is -4.57. The van der Waals surface area contributed by atoms with Gasteiger partial charge in [0.2, 0.25) is 0 Å². The molecule has 0 radical (unpaired) electrons. The van der Waals surface area contributed by atoms with Crippen molar-refractivity contribution >= 4 is 17.9 Å². The lowest BCUT2D eigenvalue weighted by atomic mass is 9.78. The normalized spacial score (nSPS) is 12.9. The highest BCUT2D eigenvalue weighted by molar-refractivity contribution is 5.71. The van der Waals surface area contributed by atoms with Crippen molar-refractivity contribution in [1.29, 1.82) is 0 Å². The van der Waals surface area contributed by atoms with Gasteiger partial charge < -0.3 is 34.3 Å². The molecule has 0 heterocycles.